The molecule has 0 aliphatic carbocycles. The minimum absolute atomic E-state index is 0.106. The molecule has 6 heteroatoms. The Morgan fingerprint density at radius 3 is 2.43 bits per heavy atom. The fourth-order valence-electron chi connectivity index (χ4n) is 0.820. The molecule has 3 nitrogen and oxygen atoms in total. The first-order valence-corrected chi connectivity index (χ1v) is 4.79. The van der Waals surface area contributed by atoms with Crippen LogP contribution in [0.3, 0.4) is 0 Å². The van der Waals surface area contributed by atoms with Crippen LogP contribution in [0.2, 0.25) is 10.0 Å². The normalized spacial score (nSPS) is 10.4. The van der Waals surface area contributed by atoms with Crippen LogP contribution in [0.15, 0.2) is 23.3 Å². The molecule has 14 heavy (non-hydrogen) atoms. The third-order valence-corrected chi connectivity index (χ3v) is 1.80. The smallest absolute Gasteiger partial charge is 0.184 e. The number of thiocarbonyl (C=S) groups is 1. The van der Waals surface area contributed by atoms with Crippen molar-refractivity contribution in [2.75, 3.05) is 0 Å². The van der Waals surface area contributed by atoms with Crippen LogP contribution in [-0.2, 0) is 0 Å². The van der Waals surface area contributed by atoms with Gasteiger partial charge in [-0.05, 0) is 36.0 Å². The van der Waals surface area contributed by atoms with E-state index in [4.69, 9.17) is 28.9 Å². The maximum absolute atomic E-state index is 5.77. The number of rotatable bonds is 2. The monoisotopic (exact) mass is 247 g/mol. The Labute approximate surface area is 96.9 Å². The molecule has 0 amide bonds. The van der Waals surface area contributed by atoms with E-state index >= 15 is 0 Å². The lowest BCUT2D eigenvalue weighted by atomic mass is 10.2. The predicted molar refractivity (Wildman–Crippen MR) is 64.0 cm³/mol. The highest BCUT2D eigenvalue weighted by Crippen LogP contribution is 2.17. The topological polar surface area (TPSA) is 50.4 Å². The van der Waals surface area contributed by atoms with E-state index in [0.29, 0.717) is 10.0 Å². The van der Waals surface area contributed by atoms with E-state index in [-0.39, 0.29) is 5.11 Å². The zero-order valence-corrected chi connectivity index (χ0v) is 9.33. The van der Waals surface area contributed by atoms with Crippen molar-refractivity contribution in [3.63, 3.8) is 0 Å². The molecule has 0 aliphatic rings. The highest BCUT2D eigenvalue weighted by molar-refractivity contribution is 7.80. The van der Waals surface area contributed by atoms with Crippen molar-refractivity contribution >= 4 is 46.7 Å². The van der Waals surface area contributed by atoms with Gasteiger partial charge in [0.2, 0.25) is 0 Å². The average Bonchev–Trinajstić information content (AvgIpc) is 2.01. The fraction of sp³-hybridized carbons (Fsp3) is 0. The molecule has 0 spiro atoms. The lowest BCUT2D eigenvalue weighted by Gasteiger charge is -1.97. The molecule has 0 bridgehead atoms. The van der Waals surface area contributed by atoms with Crippen LogP contribution in [-0.4, -0.2) is 11.3 Å². The van der Waals surface area contributed by atoms with E-state index in [0.717, 1.165) is 5.56 Å². The summed E-state index contributed by atoms with van der Waals surface area (Å²) in [7, 11) is 0. The molecule has 0 aliphatic heterocycles. The minimum Gasteiger partial charge on any atom is -0.375 e. The van der Waals surface area contributed by atoms with Crippen LogP contribution < -0.4 is 11.2 Å². The molecule has 0 aromatic heterocycles. The third-order valence-electron chi connectivity index (χ3n) is 1.27. The molecular formula is C8H7Cl2N3S. The van der Waals surface area contributed by atoms with Crippen LogP contribution >= 0.6 is 35.4 Å². The Morgan fingerprint density at radius 1 is 1.36 bits per heavy atom. The summed E-state index contributed by atoms with van der Waals surface area (Å²) in [4.78, 5) is 0. The van der Waals surface area contributed by atoms with E-state index in [9.17, 15) is 0 Å². The number of benzene rings is 1. The van der Waals surface area contributed by atoms with Crippen molar-refractivity contribution in [3.05, 3.63) is 33.8 Å². The van der Waals surface area contributed by atoms with Crippen molar-refractivity contribution in [3.8, 4) is 0 Å². The molecule has 74 valence electrons. The van der Waals surface area contributed by atoms with Gasteiger partial charge in [0.25, 0.3) is 0 Å². The molecule has 0 atom stereocenters. The number of nitrogens with one attached hydrogen (secondary N) is 1. The first-order valence-electron chi connectivity index (χ1n) is 3.62. The van der Waals surface area contributed by atoms with E-state index in [2.05, 4.69) is 22.7 Å². The van der Waals surface area contributed by atoms with Crippen LogP contribution in [0.1, 0.15) is 5.56 Å². The van der Waals surface area contributed by atoms with Crippen molar-refractivity contribution in [1.29, 1.82) is 0 Å². The first kappa shape index (κ1) is 11.2. The number of nitrogens with two attached hydrogens (primary N) is 1. The summed E-state index contributed by atoms with van der Waals surface area (Å²) in [5.41, 5.74) is 8.37. The zero-order chi connectivity index (χ0) is 10.6. The summed E-state index contributed by atoms with van der Waals surface area (Å²) in [6, 6.07) is 5.08. The van der Waals surface area contributed by atoms with Crippen molar-refractivity contribution < 1.29 is 0 Å². The van der Waals surface area contributed by atoms with Gasteiger partial charge in [0.15, 0.2) is 5.11 Å². The summed E-state index contributed by atoms with van der Waals surface area (Å²) in [5.74, 6) is 0. The second kappa shape index (κ2) is 5.14. The van der Waals surface area contributed by atoms with Gasteiger partial charge in [0, 0.05) is 10.0 Å². The number of hydrazone groups is 1. The van der Waals surface area contributed by atoms with Crippen molar-refractivity contribution in [1.82, 2.24) is 5.43 Å². The lowest BCUT2D eigenvalue weighted by molar-refractivity contribution is 1.04. The van der Waals surface area contributed by atoms with Gasteiger partial charge >= 0.3 is 0 Å². The SMILES string of the molecule is NC(=S)N/N=C/c1cc(Cl)cc(Cl)c1. The summed E-state index contributed by atoms with van der Waals surface area (Å²) < 4.78 is 0. The highest BCUT2D eigenvalue weighted by Gasteiger charge is 1.94. The average molecular weight is 248 g/mol. The van der Waals surface area contributed by atoms with E-state index in [1.807, 2.05) is 0 Å². The quantitative estimate of drug-likeness (QED) is 0.479. The lowest BCUT2D eigenvalue weighted by Crippen LogP contribution is -2.23. The van der Waals surface area contributed by atoms with Gasteiger partial charge in [-0.3, -0.25) is 5.43 Å². The zero-order valence-electron chi connectivity index (χ0n) is 7.00. The van der Waals surface area contributed by atoms with Crippen molar-refractivity contribution in [2.24, 2.45) is 10.8 Å². The second-order valence-corrected chi connectivity index (χ2v) is 3.75. The predicted octanol–water partition coefficient (Wildman–Crippen LogP) is 2.16. The Hall–Kier alpha value is -0.840. The van der Waals surface area contributed by atoms with Crippen LogP contribution in [0.5, 0.6) is 0 Å². The summed E-state index contributed by atoms with van der Waals surface area (Å²) >= 11 is 16.1. The molecular weight excluding hydrogens is 241 g/mol. The van der Waals surface area contributed by atoms with E-state index < -0.39 is 0 Å². The molecule has 0 saturated heterocycles. The Balaban J connectivity index is 2.76. The Bertz CT molecular complexity index is 359. The number of hydrogen-bond donors (Lipinski definition) is 2. The minimum atomic E-state index is 0.106. The number of nitrogens with zero attached hydrogens (tertiary/aromatic N) is 1. The van der Waals surface area contributed by atoms with Gasteiger partial charge in [-0.25, -0.2) is 0 Å². The number of hydrogen-bond acceptors (Lipinski definition) is 2. The molecule has 0 fully saturated rings. The molecule has 1 aromatic carbocycles. The van der Waals surface area contributed by atoms with Crippen molar-refractivity contribution in [2.45, 2.75) is 0 Å². The third kappa shape index (κ3) is 3.91. The molecule has 1 aromatic rings. The highest BCUT2D eigenvalue weighted by atomic mass is 35.5. The van der Waals surface area contributed by atoms with Crippen LogP contribution in [0.25, 0.3) is 0 Å². The van der Waals surface area contributed by atoms with Gasteiger partial charge in [-0.2, -0.15) is 5.10 Å². The molecule has 0 unspecified atom stereocenters. The van der Waals surface area contributed by atoms with E-state index in [1.54, 1.807) is 18.2 Å². The van der Waals surface area contributed by atoms with E-state index in [1.165, 1.54) is 6.21 Å². The molecule has 3 N–H and O–H groups in total. The van der Waals surface area contributed by atoms with Crippen LogP contribution in [0.4, 0.5) is 0 Å². The molecule has 1 rings (SSSR count). The Kier molecular flexibility index (Phi) is 4.13. The largest absolute Gasteiger partial charge is 0.375 e. The van der Waals surface area contributed by atoms with Crippen LogP contribution in [0, 0.1) is 0 Å². The van der Waals surface area contributed by atoms with Gasteiger partial charge in [0.1, 0.15) is 0 Å². The summed E-state index contributed by atoms with van der Waals surface area (Å²) in [5, 5.41) is 4.97. The van der Waals surface area contributed by atoms with Gasteiger partial charge < -0.3 is 5.73 Å². The second-order valence-electron chi connectivity index (χ2n) is 2.44. The molecule has 0 radical (unpaired) electrons. The molecule has 0 saturated carbocycles. The molecule has 0 heterocycles. The first-order chi connectivity index (χ1) is 6.58. The Morgan fingerprint density at radius 2 is 1.93 bits per heavy atom. The maximum Gasteiger partial charge on any atom is 0.184 e. The van der Waals surface area contributed by atoms with Gasteiger partial charge in [0.05, 0.1) is 6.21 Å². The summed E-state index contributed by atoms with van der Waals surface area (Å²) in [6.07, 6.45) is 1.52. The maximum atomic E-state index is 5.77. The van der Waals surface area contributed by atoms with Gasteiger partial charge in [-0.1, -0.05) is 23.2 Å². The summed E-state index contributed by atoms with van der Waals surface area (Å²) in [6.45, 7) is 0. The van der Waals surface area contributed by atoms with Gasteiger partial charge in [-0.15, -0.1) is 0 Å². The fourth-order valence-corrected chi connectivity index (χ4v) is 1.42. The standard InChI is InChI=1S/C8H7Cl2N3S/c9-6-1-5(2-7(10)3-6)4-12-13-8(11)14/h1-4H,(H3,11,13,14)/b12-4+. The number of halogens is 2.